The van der Waals surface area contributed by atoms with Gasteiger partial charge in [-0.05, 0) is 13.0 Å². The molecule has 100 valence electrons. The Morgan fingerprint density at radius 1 is 1.39 bits per heavy atom. The molecule has 0 aliphatic carbocycles. The number of nitrogens with zero attached hydrogens (tertiary/aromatic N) is 3. The van der Waals surface area contributed by atoms with Crippen LogP contribution in [-0.2, 0) is 17.7 Å². The molecule has 0 amide bonds. The Kier molecular flexibility index (Phi) is 4.33. The van der Waals surface area contributed by atoms with Crippen LogP contribution in [0.4, 0.5) is 11.8 Å². The topological polar surface area (TPSA) is 62.3 Å². The van der Waals surface area contributed by atoms with Crippen molar-refractivity contribution >= 4 is 11.8 Å². The molecule has 0 bridgehead atoms. The van der Waals surface area contributed by atoms with Crippen molar-refractivity contribution in [3.63, 3.8) is 0 Å². The maximum atomic E-state index is 5.06. The Labute approximate surface area is 108 Å². The molecule has 0 unspecified atom stereocenters. The minimum atomic E-state index is 0.675. The van der Waals surface area contributed by atoms with Gasteiger partial charge in [-0.1, -0.05) is 0 Å². The third-order valence-corrected chi connectivity index (χ3v) is 2.92. The van der Waals surface area contributed by atoms with Crippen molar-refractivity contribution < 1.29 is 4.74 Å². The van der Waals surface area contributed by atoms with E-state index in [1.165, 1.54) is 5.56 Å². The molecule has 2 rings (SSSR count). The van der Waals surface area contributed by atoms with Crippen LogP contribution in [0.25, 0.3) is 0 Å². The fourth-order valence-electron chi connectivity index (χ4n) is 1.96. The summed E-state index contributed by atoms with van der Waals surface area (Å²) in [7, 11) is 5.61. The first-order valence-electron chi connectivity index (χ1n) is 6.23. The van der Waals surface area contributed by atoms with Crippen molar-refractivity contribution in [2.75, 3.05) is 51.1 Å². The Morgan fingerprint density at radius 2 is 2.22 bits per heavy atom. The first-order valence-corrected chi connectivity index (χ1v) is 6.23. The van der Waals surface area contributed by atoms with Gasteiger partial charge in [0, 0.05) is 39.9 Å². The Bertz CT molecular complexity index is 408. The molecule has 0 fully saturated rings. The molecule has 2 N–H and O–H groups in total. The van der Waals surface area contributed by atoms with Gasteiger partial charge < -0.3 is 20.3 Å². The van der Waals surface area contributed by atoms with Crippen molar-refractivity contribution in [1.82, 2.24) is 15.3 Å². The molecule has 0 saturated carbocycles. The molecule has 2 heterocycles. The lowest BCUT2D eigenvalue weighted by molar-refractivity contribution is 0.210. The van der Waals surface area contributed by atoms with E-state index >= 15 is 0 Å². The molecule has 0 aromatic carbocycles. The van der Waals surface area contributed by atoms with Gasteiger partial charge in [-0.3, -0.25) is 0 Å². The van der Waals surface area contributed by atoms with Gasteiger partial charge in [-0.2, -0.15) is 4.98 Å². The minimum Gasteiger partial charge on any atom is -0.383 e. The fourth-order valence-corrected chi connectivity index (χ4v) is 1.96. The summed E-state index contributed by atoms with van der Waals surface area (Å²) in [6, 6.07) is 0. The first-order chi connectivity index (χ1) is 8.72. The molecule has 0 radical (unpaired) electrons. The zero-order valence-electron chi connectivity index (χ0n) is 11.3. The van der Waals surface area contributed by atoms with E-state index in [1.807, 2.05) is 19.0 Å². The molecule has 6 heteroatoms. The molecule has 0 saturated heterocycles. The van der Waals surface area contributed by atoms with Crippen molar-refractivity contribution in [1.29, 1.82) is 0 Å². The monoisotopic (exact) mass is 251 g/mol. The van der Waals surface area contributed by atoms with Gasteiger partial charge in [-0.15, -0.1) is 0 Å². The standard InChI is InChI=1S/C12H21N5O/c1-17(2)12-15-10-8-13-5-4-9(10)11(16-12)14-6-7-18-3/h13H,4-8H2,1-3H3,(H,14,15,16). The number of ether oxygens (including phenoxy) is 1. The summed E-state index contributed by atoms with van der Waals surface area (Å²) >= 11 is 0. The average Bonchev–Trinajstić information content (AvgIpc) is 2.38. The highest BCUT2D eigenvalue weighted by Gasteiger charge is 2.17. The third kappa shape index (κ3) is 2.88. The van der Waals surface area contributed by atoms with E-state index in [1.54, 1.807) is 7.11 Å². The fraction of sp³-hybridized carbons (Fsp3) is 0.667. The smallest absolute Gasteiger partial charge is 0.227 e. The van der Waals surface area contributed by atoms with Gasteiger partial charge in [0.15, 0.2) is 0 Å². The number of hydrogen-bond donors (Lipinski definition) is 2. The van der Waals surface area contributed by atoms with Gasteiger partial charge in [0.1, 0.15) is 5.82 Å². The van der Waals surface area contributed by atoms with E-state index in [9.17, 15) is 0 Å². The highest BCUT2D eigenvalue weighted by molar-refractivity contribution is 5.52. The Balaban J connectivity index is 2.26. The van der Waals surface area contributed by atoms with Crippen LogP contribution in [0.3, 0.4) is 0 Å². The average molecular weight is 251 g/mol. The van der Waals surface area contributed by atoms with Gasteiger partial charge in [0.2, 0.25) is 5.95 Å². The number of rotatable bonds is 5. The van der Waals surface area contributed by atoms with E-state index in [-0.39, 0.29) is 0 Å². The predicted molar refractivity (Wildman–Crippen MR) is 72.1 cm³/mol. The van der Waals surface area contributed by atoms with Crippen molar-refractivity contribution in [3.8, 4) is 0 Å². The number of hydrogen-bond acceptors (Lipinski definition) is 6. The van der Waals surface area contributed by atoms with E-state index in [0.29, 0.717) is 6.61 Å². The van der Waals surface area contributed by atoms with Gasteiger partial charge in [0.25, 0.3) is 0 Å². The highest BCUT2D eigenvalue weighted by atomic mass is 16.5. The van der Waals surface area contributed by atoms with E-state index in [2.05, 4.69) is 20.6 Å². The molecule has 0 atom stereocenters. The van der Waals surface area contributed by atoms with Crippen molar-refractivity contribution in [2.45, 2.75) is 13.0 Å². The quantitative estimate of drug-likeness (QED) is 0.731. The zero-order valence-corrected chi connectivity index (χ0v) is 11.3. The molecule has 1 aliphatic rings. The van der Waals surface area contributed by atoms with E-state index in [0.717, 1.165) is 43.5 Å². The zero-order chi connectivity index (χ0) is 13.0. The van der Waals surface area contributed by atoms with Crippen LogP contribution in [0.15, 0.2) is 0 Å². The second kappa shape index (κ2) is 5.97. The van der Waals surface area contributed by atoms with Gasteiger partial charge in [-0.25, -0.2) is 4.98 Å². The first kappa shape index (κ1) is 13.0. The normalized spacial score (nSPS) is 14.2. The summed E-state index contributed by atoms with van der Waals surface area (Å²) in [6.07, 6.45) is 0.971. The lowest BCUT2D eigenvalue weighted by Gasteiger charge is -2.22. The van der Waals surface area contributed by atoms with E-state index in [4.69, 9.17) is 4.74 Å². The predicted octanol–water partition coefficient (Wildman–Crippen LogP) is 0.247. The third-order valence-electron chi connectivity index (χ3n) is 2.92. The summed E-state index contributed by atoms with van der Waals surface area (Å²) in [4.78, 5) is 11.1. The van der Waals surface area contributed by atoms with E-state index < -0.39 is 0 Å². The largest absolute Gasteiger partial charge is 0.383 e. The lowest BCUT2D eigenvalue weighted by atomic mass is 10.1. The molecule has 18 heavy (non-hydrogen) atoms. The molecular weight excluding hydrogens is 230 g/mol. The van der Waals surface area contributed by atoms with Crippen molar-refractivity contribution in [3.05, 3.63) is 11.3 Å². The molecule has 0 spiro atoms. The van der Waals surface area contributed by atoms with Crippen LogP contribution in [-0.4, -0.2) is 50.9 Å². The number of nitrogens with one attached hydrogen (secondary N) is 2. The van der Waals surface area contributed by atoms with Crippen LogP contribution >= 0.6 is 0 Å². The van der Waals surface area contributed by atoms with Gasteiger partial charge >= 0.3 is 0 Å². The number of fused-ring (bicyclic) bond motifs is 1. The summed E-state index contributed by atoms with van der Waals surface area (Å²) in [6.45, 7) is 3.24. The second-order valence-corrected chi connectivity index (χ2v) is 4.54. The SMILES string of the molecule is COCCNc1nc(N(C)C)nc2c1CCNC2. The lowest BCUT2D eigenvalue weighted by Crippen LogP contribution is -2.28. The van der Waals surface area contributed by atoms with Gasteiger partial charge in [0.05, 0.1) is 12.3 Å². The summed E-state index contributed by atoms with van der Waals surface area (Å²) in [5, 5.41) is 6.68. The Morgan fingerprint density at radius 3 is 2.94 bits per heavy atom. The van der Waals surface area contributed by atoms with Crippen molar-refractivity contribution in [2.24, 2.45) is 0 Å². The molecule has 1 aromatic heterocycles. The molecule has 1 aromatic rings. The highest BCUT2D eigenvalue weighted by Crippen LogP contribution is 2.22. The summed E-state index contributed by atoms with van der Waals surface area (Å²) < 4.78 is 5.06. The van der Waals surface area contributed by atoms with Crippen LogP contribution in [0.5, 0.6) is 0 Å². The van der Waals surface area contributed by atoms with Crippen LogP contribution < -0.4 is 15.5 Å². The molecule has 6 nitrogen and oxygen atoms in total. The number of methoxy groups -OCH3 is 1. The maximum absolute atomic E-state index is 5.06. The second-order valence-electron chi connectivity index (χ2n) is 4.54. The van der Waals surface area contributed by atoms with Crippen LogP contribution in [0.2, 0.25) is 0 Å². The van der Waals surface area contributed by atoms with Crippen LogP contribution in [0.1, 0.15) is 11.3 Å². The molecular formula is C12H21N5O. The summed E-state index contributed by atoms with van der Waals surface area (Å²) in [5.74, 6) is 1.69. The molecule has 1 aliphatic heterocycles. The Hall–Kier alpha value is -1.40. The number of aromatic nitrogens is 2. The summed E-state index contributed by atoms with van der Waals surface area (Å²) in [5.41, 5.74) is 2.33. The number of anilines is 2. The minimum absolute atomic E-state index is 0.675. The van der Waals surface area contributed by atoms with Crippen LogP contribution in [0, 0.1) is 0 Å². The maximum Gasteiger partial charge on any atom is 0.227 e.